The van der Waals surface area contributed by atoms with Gasteiger partial charge in [-0.3, -0.25) is 4.98 Å². The third kappa shape index (κ3) is 4.27. The Labute approximate surface area is 227 Å². The molecule has 6 heteroatoms. The van der Waals surface area contributed by atoms with Crippen LogP contribution in [0.4, 0.5) is 5.69 Å². The molecule has 2 N–H and O–H groups in total. The van der Waals surface area contributed by atoms with Crippen molar-refractivity contribution >= 4 is 44.9 Å². The molecule has 1 aromatic carbocycles. The summed E-state index contributed by atoms with van der Waals surface area (Å²) in [6.45, 7) is 10.1. The van der Waals surface area contributed by atoms with Crippen molar-refractivity contribution in [3.8, 4) is 11.3 Å². The number of hydrogen-bond acceptors (Lipinski definition) is 4. The zero-order chi connectivity index (χ0) is 26.4. The summed E-state index contributed by atoms with van der Waals surface area (Å²) in [6, 6.07) is 10.4. The van der Waals surface area contributed by atoms with Gasteiger partial charge in [0.1, 0.15) is 4.88 Å². The van der Waals surface area contributed by atoms with E-state index in [-0.39, 0.29) is 0 Å². The lowest BCUT2D eigenvalue weighted by atomic mass is 9.82. The van der Waals surface area contributed by atoms with Crippen LogP contribution in [0.25, 0.3) is 33.1 Å². The molecular weight excluding hydrogens is 490 g/mol. The van der Waals surface area contributed by atoms with Crippen molar-refractivity contribution in [3.05, 3.63) is 82.0 Å². The van der Waals surface area contributed by atoms with E-state index in [9.17, 15) is 9.90 Å². The SMILES string of the molecule is C=C(/C=C\c1c(C)ccc2c1NCCn1c-2c(C2CCCCC2)c2sc(C(=O)O)cc21)c1cc(C)ccn1. The number of nitrogens with zero attached hydrogens (tertiary/aromatic N) is 2. The highest BCUT2D eigenvalue weighted by Crippen LogP contribution is 2.49. The van der Waals surface area contributed by atoms with Crippen molar-refractivity contribution < 1.29 is 9.90 Å². The van der Waals surface area contributed by atoms with Gasteiger partial charge in [-0.05, 0) is 73.1 Å². The molecule has 194 valence electrons. The molecule has 3 aromatic heterocycles. The van der Waals surface area contributed by atoms with Crippen molar-refractivity contribution in [1.29, 1.82) is 0 Å². The monoisotopic (exact) mass is 523 g/mol. The quantitative estimate of drug-likeness (QED) is 0.258. The highest BCUT2D eigenvalue weighted by Gasteiger charge is 2.31. The Bertz CT molecular complexity index is 1600. The zero-order valence-corrected chi connectivity index (χ0v) is 22.8. The molecule has 1 saturated carbocycles. The molecule has 0 unspecified atom stereocenters. The van der Waals surface area contributed by atoms with E-state index >= 15 is 0 Å². The number of hydrogen-bond donors (Lipinski definition) is 2. The lowest BCUT2D eigenvalue weighted by Crippen LogP contribution is -2.08. The molecule has 0 saturated heterocycles. The summed E-state index contributed by atoms with van der Waals surface area (Å²) in [5.41, 5.74) is 11.3. The molecule has 38 heavy (non-hydrogen) atoms. The Morgan fingerprint density at radius 3 is 2.76 bits per heavy atom. The number of allylic oxidation sites excluding steroid dienone is 2. The van der Waals surface area contributed by atoms with Gasteiger partial charge in [-0.25, -0.2) is 4.79 Å². The number of carbonyl (C=O) groups is 1. The van der Waals surface area contributed by atoms with Crippen molar-refractivity contribution in [2.45, 2.75) is 58.4 Å². The van der Waals surface area contributed by atoms with Gasteiger partial charge in [-0.1, -0.05) is 50.1 Å². The maximum atomic E-state index is 11.9. The maximum absolute atomic E-state index is 11.9. The predicted molar refractivity (Wildman–Crippen MR) is 158 cm³/mol. The van der Waals surface area contributed by atoms with Gasteiger partial charge in [0.25, 0.3) is 0 Å². The van der Waals surface area contributed by atoms with Crippen molar-refractivity contribution in [2.24, 2.45) is 0 Å². The number of fused-ring (bicyclic) bond motifs is 5. The number of aromatic carboxylic acids is 1. The minimum atomic E-state index is -0.839. The minimum absolute atomic E-state index is 0.426. The molecule has 2 aliphatic rings. The Morgan fingerprint density at radius 2 is 2.00 bits per heavy atom. The molecule has 0 atom stereocenters. The van der Waals surface area contributed by atoms with E-state index in [0.717, 1.165) is 64.2 Å². The van der Waals surface area contributed by atoms with Crippen LogP contribution in [0.1, 0.15) is 75.6 Å². The normalized spacial score (nSPS) is 15.7. The molecule has 1 aliphatic heterocycles. The van der Waals surface area contributed by atoms with Gasteiger partial charge in [0.05, 0.1) is 27.3 Å². The molecule has 5 nitrogen and oxygen atoms in total. The van der Waals surface area contributed by atoms with E-state index in [1.54, 1.807) is 0 Å². The van der Waals surface area contributed by atoms with Crippen molar-refractivity contribution in [1.82, 2.24) is 9.55 Å². The van der Waals surface area contributed by atoms with Crippen LogP contribution in [0.3, 0.4) is 0 Å². The van der Waals surface area contributed by atoms with Gasteiger partial charge in [0.15, 0.2) is 0 Å². The summed E-state index contributed by atoms with van der Waals surface area (Å²) in [5.74, 6) is -0.380. The molecule has 4 aromatic rings. The van der Waals surface area contributed by atoms with Crippen LogP contribution in [0.5, 0.6) is 0 Å². The Balaban J connectivity index is 1.51. The number of carboxylic acid groups (broad SMARTS) is 1. The molecular formula is C32H33N3O2S. The van der Waals surface area contributed by atoms with Crippen LogP contribution in [0.2, 0.25) is 0 Å². The summed E-state index contributed by atoms with van der Waals surface area (Å²) in [5, 5.41) is 13.5. The first-order valence-electron chi connectivity index (χ1n) is 13.5. The lowest BCUT2D eigenvalue weighted by molar-refractivity contribution is 0.0702. The topological polar surface area (TPSA) is 67.2 Å². The summed E-state index contributed by atoms with van der Waals surface area (Å²) in [6.07, 6.45) is 12.1. The van der Waals surface area contributed by atoms with Gasteiger partial charge < -0.3 is 15.0 Å². The van der Waals surface area contributed by atoms with Crippen LogP contribution in [0, 0.1) is 13.8 Å². The van der Waals surface area contributed by atoms with E-state index in [1.165, 1.54) is 53.0 Å². The molecule has 6 rings (SSSR count). The number of nitrogens with one attached hydrogen (secondary N) is 1. The van der Waals surface area contributed by atoms with Crippen LogP contribution in [0.15, 0.2) is 49.2 Å². The predicted octanol–water partition coefficient (Wildman–Crippen LogP) is 8.28. The zero-order valence-electron chi connectivity index (χ0n) is 22.0. The fourth-order valence-corrected chi connectivity index (χ4v) is 7.27. The minimum Gasteiger partial charge on any atom is -0.477 e. The number of rotatable bonds is 5. The van der Waals surface area contributed by atoms with E-state index in [0.29, 0.717) is 10.8 Å². The molecule has 1 aliphatic carbocycles. The van der Waals surface area contributed by atoms with E-state index in [2.05, 4.69) is 65.6 Å². The summed E-state index contributed by atoms with van der Waals surface area (Å²) in [4.78, 5) is 16.8. The highest BCUT2D eigenvalue weighted by atomic mass is 32.1. The summed E-state index contributed by atoms with van der Waals surface area (Å²) in [7, 11) is 0. The number of aryl methyl sites for hydroxylation is 2. The Hall–Kier alpha value is -3.64. The number of carboxylic acids is 1. The number of benzene rings is 1. The maximum Gasteiger partial charge on any atom is 0.345 e. The number of pyridine rings is 1. The van der Waals surface area contributed by atoms with Crippen LogP contribution in [-0.2, 0) is 6.54 Å². The van der Waals surface area contributed by atoms with Gasteiger partial charge >= 0.3 is 5.97 Å². The molecule has 0 bridgehead atoms. The fraction of sp³-hybridized carbons (Fsp3) is 0.312. The van der Waals surface area contributed by atoms with Crippen molar-refractivity contribution in [3.63, 3.8) is 0 Å². The fourth-order valence-electron chi connectivity index (χ4n) is 6.15. The second-order valence-corrected chi connectivity index (χ2v) is 11.7. The number of thiophene rings is 1. The number of anilines is 1. The van der Waals surface area contributed by atoms with Crippen LogP contribution < -0.4 is 5.32 Å². The third-order valence-corrected chi connectivity index (χ3v) is 9.19. The van der Waals surface area contributed by atoms with E-state index in [4.69, 9.17) is 0 Å². The van der Waals surface area contributed by atoms with Gasteiger partial charge in [0.2, 0.25) is 0 Å². The van der Waals surface area contributed by atoms with E-state index < -0.39 is 5.97 Å². The molecule has 1 fully saturated rings. The van der Waals surface area contributed by atoms with Gasteiger partial charge in [-0.2, -0.15) is 0 Å². The third-order valence-electron chi connectivity index (χ3n) is 8.05. The first-order chi connectivity index (χ1) is 18.4. The van der Waals surface area contributed by atoms with Crippen LogP contribution in [-0.4, -0.2) is 27.2 Å². The molecule has 4 heterocycles. The first-order valence-corrected chi connectivity index (χ1v) is 14.3. The average Bonchev–Trinajstić information content (AvgIpc) is 3.41. The first kappa shape index (κ1) is 24.7. The second-order valence-electron chi connectivity index (χ2n) is 10.6. The standard InChI is InChI=1S/C32H33N3O2S/c1-19-13-14-33-25(17-19)21(3)10-11-23-20(2)9-12-24-29(23)34-15-16-35-26-18-27(32(36)37)38-31(26)28(30(24)35)22-7-5-4-6-8-22/h9-14,17-18,22,34H,3-8,15-16H2,1-2H3,(H,36,37)/b11-10-. The Morgan fingerprint density at radius 1 is 1.18 bits per heavy atom. The second kappa shape index (κ2) is 9.91. The van der Waals surface area contributed by atoms with E-state index in [1.807, 2.05) is 18.3 Å². The molecule has 0 amide bonds. The summed E-state index contributed by atoms with van der Waals surface area (Å²) < 4.78 is 3.54. The average molecular weight is 524 g/mol. The lowest BCUT2D eigenvalue weighted by Gasteiger charge is -2.24. The summed E-state index contributed by atoms with van der Waals surface area (Å²) >= 11 is 1.45. The van der Waals surface area contributed by atoms with Gasteiger partial charge in [0, 0.05) is 30.4 Å². The van der Waals surface area contributed by atoms with Gasteiger partial charge in [-0.15, -0.1) is 11.3 Å². The van der Waals surface area contributed by atoms with Crippen molar-refractivity contribution in [2.75, 3.05) is 11.9 Å². The Kier molecular flexibility index (Phi) is 6.44. The largest absolute Gasteiger partial charge is 0.477 e. The smallest absolute Gasteiger partial charge is 0.345 e. The molecule has 0 spiro atoms. The highest BCUT2D eigenvalue weighted by molar-refractivity contribution is 7.21. The van der Waals surface area contributed by atoms with Crippen LogP contribution >= 0.6 is 11.3 Å². The molecule has 0 radical (unpaired) electrons. The number of aromatic nitrogens is 2.